The third-order valence-corrected chi connectivity index (χ3v) is 5.27. The SMILES string of the molecule is C[C@@H]1CCNC[C@@H](C)N1Sc1ccc2cnccc2c1. The van der Waals surface area contributed by atoms with E-state index in [0.29, 0.717) is 12.1 Å². The summed E-state index contributed by atoms with van der Waals surface area (Å²) < 4.78 is 2.53. The number of rotatable bonds is 2. The Morgan fingerprint density at radius 3 is 3.00 bits per heavy atom. The van der Waals surface area contributed by atoms with Gasteiger partial charge in [-0.05, 0) is 62.3 Å². The fourth-order valence-corrected chi connectivity index (χ4v) is 3.79. The summed E-state index contributed by atoms with van der Waals surface area (Å²) in [5, 5.41) is 5.98. The Kier molecular flexibility index (Phi) is 4.24. The zero-order chi connectivity index (χ0) is 13.9. The van der Waals surface area contributed by atoms with Gasteiger partial charge in [0.25, 0.3) is 0 Å². The van der Waals surface area contributed by atoms with E-state index in [1.807, 2.05) is 24.3 Å². The number of nitrogens with one attached hydrogen (secondary N) is 1. The largest absolute Gasteiger partial charge is 0.315 e. The molecule has 0 bridgehead atoms. The van der Waals surface area contributed by atoms with Crippen LogP contribution in [0.4, 0.5) is 0 Å². The van der Waals surface area contributed by atoms with Crippen LogP contribution in [0.1, 0.15) is 20.3 Å². The van der Waals surface area contributed by atoms with Crippen LogP contribution < -0.4 is 5.32 Å². The maximum atomic E-state index is 4.17. The standard InChI is InChI=1S/C16H21N3S/c1-12-5-7-17-10-13(2)19(12)20-16-4-3-15-11-18-8-6-14(15)9-16/h3-4,6,8-9,11-13,17H,5,7,10H2,1-2H3/t12-,13-/m1/s1. The first-order valence-electron chi connectivity index (χ1n) is 7.25. The van der Waals surface area contributed by atoms with E-state index < -0.39 is 0 Å². The summed E-state index contributed by atoms with van der Waals surface area (Å²) in [6, 6.07) is 9.85. The molecule has 0 aliphatic carbocycles. The van der Waals surface area contributed by atoms with Gasteiger partial charge in [0.1, 0.15) is 0 Å². The highest BCUT2D eigenvalue weighted by Gasteiger charge is 2.23. The van der Waals surface area contributed by atoms with Gasteiger partial charge in [-0.15, -0.1) is 0 Å². The monoisotopic (exact) mass is 287 g/mol. The van der Waals surface area contributed by atoms with Crippen LogP contribution in [0.3, 0.4) is 0 Å². The molecule has 2 heterocycles. The van der Waals surface area contributed by atoms with E-state index in [0.717, 1.165) is 13.1 Å². The zero-order valence-corrected chi connectivity index (χ0v) is 12.9. The molecule has 1 aromatic carbocycles. The Balaban J connectivity index is 1.83. The maximum Gasteiger partial charge on any atom is 0.0346 e. The van der Waals surface area contributed by atoms with Crippen molar-refractivity contribution >= 4 is 22.7 Å². The number of benzene rings is 1. The molecule has 2 atom stereocenters. The third-order valence-electron chi connectivity index (χ3n) is 3.87. The number of hydrogen-bond donors (Lipinski definition) is 1. The van der Waals surface area contributed by atoms with E-state index in [2.05, 4.69) is 52.7 Å². The predicted octanol–water partition coefficient (Wildman–Crippen LogP) is 3.31. The van der Waals surface area contributed by atoms with Gasteiger partial charge in [0.05, 0.1) is 0 Å². The van der Waals surface area contributed by atoms with Gasteiger partial charge in [0, 0.05) is 41.3 Å². The van der Waals surface area contributed by atoms with Crippen molar-refractivity contribution in [1.82, 2.24) is 14.6 Å². The highest BCUT2D eigenvalue weighted by molar-refractivity contribution is 7.97. The van der Waals surface area contributed by atoms with Gasteiger partial charge in [-0.1, -0.05) is 6.07 Å². The highest BCUT2D eigenvalue weighted by Crippen LogP contribution is 2.31. The van der Waals surface area contributed by atoms with Crippen LogP contribution in [0.15, 0.2) is 41.6 Å². The minimum absolute atomic E-state index is 0.547. The maximum absolute atomic E-state index is 4.17. The summed E-state index contributed by atoms with van der Waals surface area (Å²) in [6.45, 7) is 6.80. The summed E-state index contributed by atoms with van der Waals surface area (Å²) in [4.78, 5) is 5.48. The molecule has 0 unspecified atom stereocenters. The van der Waals surface area contributed by atoms with Gasteiger partial charge in [-0.25, -0.2) is 4.31 Å². The van der Waals surface area contributed by atoms with E-state index in [9.17, 15) is 0 Å². The van der Waals surface area contributed by atoms with E-state index in [4.69, 9.17) is 0 Å². The normalized spacial score (nSPS) is 24.7. The van der Waals surface area contributed by atoms with Crippen LogP contribution in [-0.4, -0.2) is 34.5 Å². The lowest BCUT2D eigenvalue weighted by Crippen LogP contribution is -2.36. The van der Waals surface area contributed by atoms with Crippen molar-refractivity contribution in [3.05, 3.63) is 36.7 Å². The molecule has 106 valence electrons. The lowest BCUT2D eigenvalue weighted by atomic mass is 10.2. The van der Waals surface area contributed by atoms with Crippen molar-refractivity contribution in [2.75, 3.05) is 13.1 Å². The molecule has 0 spiro atoms. The van der Waals surface area contributed by atoms with Crippen LogP contribution in [0.25, 0.3) is 10.8 Å². The van der Waals surface area contributed by atoms with E-state index in [1.165, 1.54) is 22.1 Å². The molecular formula is C16H21N3S. The average Bonchev–Trinajstić information content (AvgIpc) is 2.62. The number of fused-ring (bicyclic) bond motifs is 1. The molecule has 1 aliphatic heterocycles. The van der Waals surface area contributed by atoms with Gasteiger partial charge in [0.2, 0.25) is 0 Å². The molecule has 1 aromatic heterocycles. The Morgan fingerprint density at radius 2 is 2.10 bits per heavy atom. The minimum Gasteiger partial charge on any atom is -0.315 e. The molecule has 20 heavy (non-hydrogen) atoms. The Bertz CT molecular complexity index is 575. The molecule has 1 N–H and O–H groups in total. The van der Waals surface area contributed by atoms with Gasteiger partial charge in [0.15, 0.2) is 0 Å². The molecule has 1 aliphatic rings. The van der Waals surface area contributed by atoms with Crippen LogP contribution in [-0.2, 0) is 0 Å². The summed E-state index contributed by atoms with van der Waals surface area (Å²) in [6.07, 6.45) is 4.98. The van der Waals surface area contributed by atoms with Crippen molar-refractivity contribution in [2.24, 2.45) is 0 Å². The fraction of sp³-hybridized carbons (Fsp3) is 0.438. The molecule has 0 saturated carbocycles. The summed E-state index contributed by atoms with van der Waals surface area (Å²) in [7, 11) is 0. The first-order valence-corrected chi connectivity index (χ1v) is 8.02. The lowest BCUT2D eigenvalue weighted by molar-refractivity contribution is 0.317. The molecular weight excluding hydrogens is 266 g/mol. The third kappa shape index (κ3) is 2.97. The second-order valence-corrected chi connectivity index (χ2v) is 6.60. The minimum atomic E-state index is 0.547. The summed E-state index contributed by atoms with van der Waals surface area (Å²) >= 11 is 1.88. The fourth-order valence-electron chi connectivity index (χ4n) is 2.69. The van der Waals surface area contributed by atoms with Crippen LogP contribution in [0.5, 0.6) is 0 Å². The van der Waals surface area contributed by atoms with Crippen molar-refractivity contribution in [3.8, 4) is 0 Å². The smallest absolute Gasteiger partial charge is 0.0346 e. The topological polar surface area (TPSA) is 28.2 Å². The van der Waals surface area contributed by atoms with Crippen LogP contribution in [0, 0.1) is 0 Å². The number of pyridine rings is 1. The Hall–Kier alpha value is -1.10. The van der Waals surface area contributed by atoms with Crippen LogP contribution >= 0.6 is 11.9 Å². The predicted molar refractivity (Wildman–Crippen MR) is 85.8 cm³/mol. The molecule has 0 amide bonds. The molecule has 0 radical (unpaired) electrons. The zero-order valence-electron chi connectivity index (χ0n) is 12.0. The van der Waals surface area contributed by atoms with Gasteiger partial charge in [-0.2, -0.15) is 0 Å². The van der Waals surface area contributed by atoms with Crippen LogP contribution in [0.2, 0.25) is 0 Å². The average molecular weight is 287 g/mol. The number of hydrogen-bond acceptors (Lipinski definition) is 4. The molecule has 1 fully saturated rings. The highest BCUT2D eigenvalue weighted by atomic mass is 32.2. The van der Waals surface area contributed by atoms with E-state index in [1.54, 1.807) is 0 Å². The van der Waals surface area contributed by atoms with Gasteiger partial charge < -0.3 is 5.32 Å². The molecule has 4 heteroatoms. The second kappa shape index (κ2) is 6.12. The summed E-state index contributed by atoms with van der Waals surface area (Å²) in [5.74, 6) is 0. The lowest BCUT2D eigenvalue weighted by Gasteiger charge is -2.30. The van der Waals surface area contributed by atoms with Crippen molar-refractivity contribution in [3.63, 3.8) is 0 Å². The second-order valence-electron chi connectivity index (χ2n) is 5.53. The van der Waals surface area contributed by atoms with Gasteiger partial charge >= 0.3 is 0 Å². The molecule has 1 saturated heterocycles. The first-order chi connectivity index (χ1) is 9.74. The van der Waals surface area contributed by atoms with E-state index in [-0.39, 0.29) is 0 Å². The molecule has 3 nitrogen and oxygen atoms in total. The van der Waals surface area contributed by atoms with Crippen molar-refractivity contribution in [1.29, 1.82) is 0 Å². The van der Waals surface area contributed by atoms with Crippen molar-refractivity contribution < 1.29 is 0 Å². The van der Waals surface area contributed by atoms with Crippen molar-refractivity contribution in [2.45, 2.75) is 37.2 Å². The first kappa shape index (κ1) is 13.9. The quantitative estimate of drug-likeness (QED) is 0.858. The number of aromatic nitrogens is 1. The molecule has 3 rings (SSSR count). The van der Waals surface area contributed by atoms with Gasteiger partial charge in [-0.3, -0.25) is 4.98 Å². The van der Waals surface area contributed by atoms with E-state index >= 15 is 0 Å². The Labute approximate surface area is 124 Å². The summed E-state index contributed by atoms with van der Waals surface area (Å²) in [5.41, 5.74) is 0. The molecule has 2 aromatic rings. The Morgan fingerprint density at radius 1 is 1.20 bits per heavy atom. The number of nitrogens with zero attached hydrogens (tertiary/aromatic N) is 2.